The molecule has 6 N–H and O–H groups in total. The number of aromatic nitrogens is 5. The van der Waals surface area contributed by atoms with Crippen molar-refractivity contribution in [1.29, 1.82) is 0 Å². The van der Waals surface area contributed by atoms with Crippen molar-refractivity contribution in [1.82, 2.24) is 24.9 Å². The lowest BCUT2D eigenvalue weighted by molar-refractivity contribution is 0.442. The molecule has 0 saturated heterocycles. The van der Waals surface area contributed by atoms with Gasteiger partial charge in [0.2, 0.25) is 11.8 Å². The molecular weight excluding hydrogens is 1320 g/mol. The monoisotopic (exact) mass is 1390 g/mol. The van der Waals surface area contributed by atoms with E-state index in [1.807, 2.05) is 201 Å². The van der Waals surface area contributed by atoms with Crippen molar-refractivity contribution in [2.45, 2.75) is 26.7 Å². The minimum atomic E-state index is -0.483. The van der Waals surface area contributed by atoms with Crippen molar-refractivity contribution in [2.75, 3.05) is 17.2 Å². The van der Waals surface area contributed by atoms with Crippen molar-refractivity contribution < 1.29 is 36.9 Å². The Hall–Kier alpha value is -13.9. The highest BCUT2D eigenvalue weighted by atomic mass is 19.1. The van der Waals surface area contributed by atoms with Crippen molar-refractivity contribution >= 4 is 17.1 Å². The number of nitrogens with zero attached hydrogens (tertiary/aromatic N) is 5. The first kappa shape index (κ1) is 72.4. The smallest absolute Gasteiger partial charge is 0.219 e. The van der Waals surface area contributed by atoms with Crippen LogP contribution in [0.5, 0.6) is 57.8 Å². The molecule has 0 aliphatic heterocycles. The van der Waals surface area contributed by atoms with E-state index >= 15 is 0 Å². The molecule has 5 heterocycles. The van der Waals surface area contributed by atoms with E-state index in [9.17, 15) is 13.2 Å². The Morgan fingerprint density at radius 2 is 0.657 bits per heavy atom. The fraction of sp³-hybridized carbons (Fsp3) is 0.0449. The number of halogens is 3. The summed E-state index contributed by atoms with van der Waals surface area (Å²) in [6.45, 7) is 4.11. The van der Waals surface area contributed by atoms with Gasteiger partial charge in [0, 0.05) is 71.6 Å². The van der Waals surface area contributed by atoms with Gasteiger partial charge < -0.3 is 40.9 Å². The van der Waals surface area contributed by atoms with Gasteiger partial charge in [0.1, 0.15) is 28.7 Å². The lowest BCUT2D eigenvalue weighted by Crippen LogP contribution is -1.91. The number of hydrogen-bond donors (Lipinski definition) is 3. The SMILES string of the molecule is CCc1ccc(Oc2ccc(-c3ccccc3)cc2)c(F)c1.CCc1ccc(Oc2ccc(-c3ccccc3)cc2)nc1.Nc1ccc(Oc2ccc(-c3ccccc3)nc2)nc1.Nc1ccc(Oc2ccc(-c3ccccn3)cc2)c(F)c1.Nc1ccc(Oc2ccc(-c3cccnc3)cc2)c(F)c1. The molecule has 0 aliphatic rings. The summed E-state index contributed by atoms with van der Waals surface area (Å²) in [6, 6.07) is 95.4. The summed E-state index contributed by atoms with van der Waals surface area (Å²) >= 11 is 0. The second kappa shape index (κ2) is 37.0. The Balaban J connectivity index is 0.000000131. The van der Waals surface area contributed by atoms with Crippen molar-refractivity contribution in [3.05, 3.63) is 375 Å². The zero-order valence-corrected chi connectivity index (χ0v) is 57.5. The third-order valence-corrected chi connectivity index (χ3v) is 15.8. The van der Waals surface area contributed by atoms with Gasteiger partial charge in [0.25, 0.3) is 0 Å². The number of benzene rings is 10. The minimum Gasteiger partial charge on any atom is -0.454 e. The van der Waals surface area contributed by atoms with Gasteiger partial charge in [-0.15, -0.1) is 0 Å². The van der Waals surface area contributed by atoms with Crippen molar-refractivity contribution in [3.8, 4) is 114 Å². The number of rotatable bonds is 17. The molecule has 0 bridgehead atoms. The summed E-state index contributed by atoms with van der Waals surface area (Å²) < 4.78 is 69.3. The van der Waals surface area contributed by atoms with Crippen LogP contribution in [0.25, 0.3) is 55.9 Å². The molecule has 0 radical (unpaired) electrons. The van der Waals surface area contributed by atoms with Gasteiger partial charge in [-0.05, 0) is 191 Å². The number of anilines is 3. The fourth-order valence-corrected chi connectivity index (χ4v) is 10.2. The topological polar surface area (TPSA) is 189 Å². The lowest BCUT2D eigenvalue weighted by atomic mass is 10.1. The van der Waals surface area contributed by atoms with Crippen LogP contribution in [0.15, 0.2) is 347 Å². The van der Waals surface area contributed by atoms with E-state index in [0.29, 0.717) is 51.8 Å². The maximum absolute atomic E-state index is 13.9. The van der Waals surface area contributed by atoms with Crippen LogP contribution in [0.2, 0.25) is 0 Å². The number of aryl methyl sites for hydroxylation is 2. The van der Waals surface area contributed by atoms with E-state index in [0.717, 1.165) is 68.9 Å². The number of nitrogen functional groups attached to an aromatic ring is 3. The van der Waals surface area contributed by atoms with Crippen LogP contribution in [-0.4, -0.2) is 24.9 Å². The summed E-state index contributed by atoms with van der Waals surface area (Å²) in [5.74, 6) is 3.56. The molecule has 0 amide bonds. The Bertz CT molecular complexity index is 4990. The quantitative estimate of drug-likeness (QED) is 0.0731. The van der Waals surface area contributed by atoms with Gasteiger partial charge in [0.05, 0.1) is 29.5 Å². The molecule has 0 saturated carbocycles. The Morgan fingerprint density at radius 1 is 0.267 bits per heavy atom. The molecule has 0 atom stereocenters. The van der Waals surface area contributed by atoms with Crippen LogP contribution < -0.4 is 40.9 Å². The minimum absolute atomic E-state index is 0.148. The largest absolute Gasteiger partial charge is 0.454 e. The molecule has 0 spiro atoms. The maximum atomic E-state index is 13.9. The molecule has 16 heteroatoms. The van der Waals surface area contributed by atoms with Crippen molar-refractivity contribution in [2.24, 2.45) is 0 Å². The van der Waals surface area contributed by atoms with E-state index in [1.54, 1.807) is 85.6 Å². The number of pyridine rings is 5. The zero-order valence-electron chi connectivity index (χ0n) is 57.5. The third kappa shape index (κ3) is 21.8. The molecule has 15 aromatic rings. The second-order valence-electron chi connectivity index (χ2n) is 23.3. The first-order chi connectivity index (χ1) is 51.4. The molecule has 13 nitrogen and oxygen atoms in total. The molecule has 10 aromatic carbocycles. The third-order valence-electron chi connectivity index (χ3n) is 15.8. The molecule has 15 rings (SSSR count). The summed E-state index contributed by atoms with van der Waals surface area (Å²) in [7, 11) is 0. The zero-order chi connectivity index (χ0) is 73.0. The average Bonchev–Trinajstić information content (AvgIpc) is 0.865. The van der Waals surface area contributed by atoms with Crippen molar-refractivity contribution in [3.63, 3.8) is 0 Å². The normalized spacial score (nSPS) is 10.3. The van der Waals surface area contributed by atoms with Crippen LogP contribution in [-0.2, 0) is 12.8 Å². The van der Waals surface area contributed by atoms with Crippen LogP contribution >= 0.6 is 0 Å². The number of nitrogens with two attached hydrogens (primary N) is 3. The molecule has 0 unspecified atom stereocenters. The van der Waals surface area contributed by atoms with E-state index in [1.165, 1.54) is 47.0 Å². The highest BCUT2D eigenvalue weighted by molar-refractivity contribution is 5.67. The summed E-state index contributed by atoms with van der Waals surface area (Å²) in [5.41, 5.74) is 30.6. The second-order valence-corrected chi connectivity index (χ2v) is 23.3. The van der Waals surface area contributed by atoms with Gasteiger partial charge in [-0.25, -0.2) is 23.1 Å². The average molecular weight is 1390 g/mol. The maximum Gasteiger partial charge on any atom is 0.219 e. The molecular formula is C89H73F3N8O5. The summed E-state index contributed by atoms with van der Waals surface area (Å²) in [4.78, 5) is 21.1. The van der Waals surface area contributed by atoms with Crippen LogP contribution in [0.1, 0.15) is 25.0 Å². The van der Waals surface area contributed by atoms with Gasteiger partial charge in [0.15, 0.2) is 34.7 Å². The molecule has 0 aliphatic carbocycles. The summed E-state index contributed by atoms with van der Waals surface area (Å²) in [6.07, 6.45) is 12.1. The Labute approximate surface area is 608 Å². The van der Waals surface area contributed by atoms with E-state index in [4.69, 9.17) is 40.9 Å². The fourth-order valence-electron chi connectivity index (χ4n) is 10.2. The van der Waals surface area contributed by atoms with E-state index < -0.39 is 11.6 Å². The highest BCUT2D eigenvalue weighted by Gasteiger charge is 2.11. The predicted octanol–water partition coefficient (Wildman–Crippen LogP) is 23.0. The first-order valence-electron chi connectivity index (χ1n) is 33.7. The van der Waals surface area contributed by atoms with Crippen LogP contribution in [0.3, 0.4) is 0 Å². The Morgan fingerprint density at radius 3 is 1.09 bits per heavy atom. The molecule has 105 heavy (non-hydrogen) atoms. The van der Waals surface area contributed by atoms with Gasteiger partial charge >= 0.3 is 0 Å². The van der Waals surface area contributed by atoms with E-state index in [-0.39, 0.29) is 23.1 Å². The Kier molecular flexibility index (Phi) is 25.5. The lowest BCUT2D eigenvalue weighted by Gasteiger charge is -2.09. The molecule has 5 aromatic heterocycles. The number of ether oxygens (including phenoxy) is 5. The standard InChI is InChI=1S/C20H17FO.C19H17NO.2C17H13FN2O.C16H13N3O/c1-2-15-8-13-20(19(21)14-15)22-18-11-9-17(10-12-18)16-6-4-3-5-7-16;1-2-15-8-13-19(20-14-15)21-18-11-9-17(10-12-18)16-6-4-3-5-7-16;18-16-10-14(19)5-8-17(16)21-15-6-3-12(4-7-15)13-2-1-9-20-11-13;18-15-11-13(19)6-9-17(15)21-14-7-4-12(5-8-14)16-3-1-2-10-20-16;17-13-6-9-16(19-10-13)20-14-7-8-15(18-11-14)12-4-2-1-3-5-12/h3-14H,2H2,1H3;3-14H,2H2,1H3;2*1-11H,19H2;1-11H,17H2. The van der Waals surface area contributed by atoms with Gasteiger partial charge in [-0.1, -0.05) is 166 Å². The predicted molar refractivity (Wildman–Crippen MR) is 413 cm³/mol. The number of hydrogen-bond acceptors (Lipinski definition) is 13. The molecule has 0 fully saturated rings. The first-order valence-corrected chi connectivity index (χ1v) is 33.7. The van der Waals surface area contributed by atoms with Gasteiger partial charge in [-0.2, -0.15) is 0 Å². The van der Waals surface area contributed by atoms with Crippen LogP contribution in [0, 0.1) is 17.5 Å². The summed E-state index contributed by atoms with van der Waals surface area (Å²) in [5, 5.41) is 0. The highest BCUT2D eigenvalue weighted by Crippen LogP contribution is 2.33. The molecule has 520 valence electrons. The van der Waals surface area contributed by atoms with E-state index in [2.05, 4.69) is 68.2 Å². The van der Waals surface area contributed by atoms with Crippen LogP contribution in [0.4, 0.5) is 30.2 Å². The van der Waals surface area contributed by atoms with Gasteiger partial charge in [-0.3, -0.25) is 15.0 Å².